The van der Waals surface area contributed by atoms with Gasteiger partial charge in [0.1, 0.15) is 5.75 Å². The molecule has 3 aliphatic rings. The third kappa shape index (κ3) is 4.21. The molecule has 0 radical (unpaired) electrons. The largest absolute Gasteiger partial charge is 0.497 e. The molecule has 26 heavy (non-hydrogen) atoms. The van der Waals surface area contributed by atoms with Gasteiger partial charge in [-0.3, -0.25) is 4.79 Å². The lowest BCUT2D eigenvalue weighted by Crippen LogP contribution is -2.51. The smallest absolute Gasteiger partial charge is 0.227 e. The van der Waals surface area contributed by atoms with E-state index in [1.165, 1.54) is 12.8 Å². The number of rotatable bonds is 7. The van der Waals surface area contributed by atoms with Crippen LogP contribution in [0.5, 0.6) is 5.75 Å². The molecule has 1 aliphatic heterocycles. The van der Waals surface area contributed by atoms with E-state index in [9.17, 15) is 4.79 Å². The SMILES string of the molecule is COc1cccc(CC(=O)N2CCOC3CC(COCC4CC4)CC32)c1. The van der Waals surface area contributed by atoms with Crippen molar-refractivity contribution in [2.75, 3.05) is 33.5 Å². The average molecular weight is 359 g/mol. The number of hydrogen-bond acceptors (Lipinski definition) is 4. The molecular weight excluding hydrogens is 330 g/mol. The minimum absolute atomic E-state index is 0.174. The quantitative estimate of drug-likeness (QED) is 0.751. The molecule has 2 saturated carbocycles. The number of methoxy groups -OCH3 is 1. The number of carbonyl (C=O) groups is 1. The van der Waals surface area contributed by atoms with Crippen LogP contribution in [0.3, 0.4) is 0 Å². The molecule has 3 atom stereocenters. The van der Waals surface area contributed by atoms with Crippen molar-refractivity contribution in [3.8, 4) is 5.75 Å². The molecule has 142 valence electrons. The molecule has 1 heterocycles. The van der Waals surface area contributed by atoms with Crippen molar-refractivity contribution in [1.29, 1.82) is 0 Å². The molecule has 5 heteroatoms. The molecule has 4 rings (SSSR count). The van der Waals surface area contributed by atoms with Crippen LogP contribution in [-0.4, -0.2) is 56.4 Å². The van der Waals surface area contributed by atoms with Gasteiger partial charge in [-0.15, -0.1) is 0 Å². The van der Waals surface area contributed by atoms with Gasteiger partial charge in [0.2, 0.25) is 5.91 Å². The number of benzene rings is 1. The van der Waals surface area contributed by atoms with E-state index >= 15 is 0 Å². The number of fused-ring (bicyclic) bond motifs is 1. The summed E-state index contributed by atoms with van der Waals surface area (Å²) in [5.41, 5.74) is 1.000. The van der Waals surface area contributed by atoms with Crippen LogP contribution in [0.2, 0.25) is 0 Å². The molecule has 5 nitrogen and oxygen atoms in total. The maximum absolute atomic E-state index is 12.9. The first-order valence-corrected chi connectivity index (χ1v) is 9.84. The van der Waals surface area contributed by atoms with Crippen molar-refractivity contribution in [3.63, 3.8) is 0 Å². The van der Waals surface area contributed by atoms with Crippen molar-refractivity contribution < 1.29 is 19.0 Å². The van der Waals surface area contributed by atoms with Gasteiger partial charge in [-0.2, -0.15) is 0 Å². The van der Waals surface area contributed by atoms with E-state index < -0.39 is 0 Å². The van der Waals surface area contributed by atoms with Gasteiger partial charge in [-0.25, -0.2) is 0 Å². The normalized spacial score (nSPS) is 28.0. The Hall–Kier alpha value is -1.59. The van der Waals surface area contributed by atoms with E-state index in [1.807, 2.05) is 24.3 Å². The molecule has 0 N–H and O–H groups in total. The Labute approximate surface area is 155 Å². The minimum atomic E-state index is 0.174. The average Bonchev–Trinajstić information content (AvgIpc) is 3.38. The van der Waals surface area contributed by atoms with E-state index in [4.69, 9.17) is 14.2 Å². The Morgan fingerprint density at radius 2 is 2.08 bits per heavy atom. The lowest BCUT2D eigenvalue weighted by atomic mass is 10.1. The highest BCUT2D eigenvalue weighted by molar-refractivity contribution is 5.79. The van der Waals surface area contributed by atoms with Gasteiger partial charge in [0.05, 0.1) is 32.3 Å². The molecule has 2 aliphatic carbocycles. The Kier molecular flexibility index (Phi) is 5.46. The lowest BCUT2D eigenvalue weighted by Gasteiger charge is -2.37. The number of morpholine rings is 1. The van der Waals surface area contributed by atoms with Gasteiger partial charge in [-0.05, 0) is 55.2 Å². The van der Waals surface area contributed by atoms with Gasteiger partial charge in [-0.1, -0.05) is 12.1 Å². The molecule has 3 unspecified atom stereocenters. The van der Waals surface area contributed by atoms with Crippen molar-refractivity contribution in [2.45, 2.75) is 44.2 Å². The fraction of sp³-hybridized carbons (Fsp3) is 0.667. The van der Waals surface area contributed by atoms with Gasteiger partial charge in [0.25, 0.3) is 0 Å². The molecule has 1 aromatic rings. The third-order valence-electron chi connectivity index (χ3n) is 5.85. The number of nitrogens with zero attached hydrogens (tertiary/aromatic N) is 1. The van der Waals surface area contributed by atoms with Gasteiger partial charge < -0.3 is 19.1 Å². The van der Waals surface area contributed by atoms with E-state index in [-0.39, 0.29) is 18.1 Å². The second kappa shape index (κ2) is 7.97. The zero-order valence-corrected chi connectivity index (χ0v) is 15.6. The second-order valence-corrected chi connectivity index (χ2v) is 7.91. The molecular formula is C21H29NO4. The van der Waals surface area contributed by atoms with Crippen LogP contribution in [0.1, 0.15) is 31.2 Å². The maximum atomic E-state index is 12.9. The highest BCUT2D eigenvalue weighted by Crippen LogP contribution is 2.35. The molecule has 0 aromatic heterocycles. The van der Waals surface area contributed by atoms with Crippen LogP contribution in [0, 0.1) is 11.8 Å². The molecule has 0 spiro atoms. The number of hydrogen-bond donors (Lipinski definition) is 0. The first kappa shape index (κ1) is 17.8. The van der Waals surface area contributed by atoms with E-state index in [1.54, 1.807) is 7.11 Å². The Morgan fingerprint density at radius 1 is 1.23 bits per heavy atom. The van der Waals surface area contributed by atoms with Crippen molar-refractivity contribution >= 4 is 5.91 Å². The van der Waals surface area contributed by atoms with Crippen LogP contribution >= 0.6 is 0 Å². The standard InChI is InChI=1S/C21H29NO4/c1-24-18-4-2-3-16(9-18)12-21(23)22-7-8-26-20-11-17(10-19(20)22)14-25-13-15-5-6-15/h2-4,9,15,17,19-20H,5-8,10-14H2,1H3. The monoisotopic (exact) mass is 359 g/mol. The number of amides is 1. The van der Waals surface area contributed by atoms with Crippen molar-refractivity contribution in [1.82, 2.24) is 4.90 Å². The van der Waals surface area contributed by atoms with Gasteiger partial charge in [0, 0.05) is 19.8 Å². The summed E-state index contributed by atoms with van der Waals surface area (Å²) in [6.45, 7) is 3.05. The molecule has 1 aromatic carbocycles. The van der Waals surface area contributed by atoms with Crippen LogP contribution in [0.25, 0.3) is 0 Å². The molecule has 0 bridgehead atoms. The summed E-state index contributed by atoms with van der Waals surface area (Å²) in [6, 6.07) is 7.98. The van der Waals surface area contributed by atoms with Gasteiger partial charge >= 0.3 is 0 Å². The van der Waals surface area contributed by atoms with E-state index in [0.717, 1.165) is 43.3 Å². The fourth-order valence-electron chi connectivity index (χ4n) is 4.24. The minimum Gasteiger partial charge on any atom is -0.497 e. The first-order valence-electron chi connectivity index (χ1n) is 9.84. The Morgan fingerprint density at radius 3 is 2.88 bits per heavy atom. The maximum Gasteiger partial charge on any atom is 0.227 e. The van der Waals surface area contributed by atoms with Crippen molar-refractivity contribution in [3.05, 3.63) is 29.8 Å². The summed E-state index contributed by atoms with van der Waals surface area (Å²) >= 11 is 0. The van der Waals surface area contributed by atoms with Crippen LogP contribution < -0.4 is 4.74 Å². The Balaban J connectivity index is 1.34. The fourth-order valence-corrected chi connectivity index (χ4v) is 4.24. The highest BCUT2D eigenvalue weighted by Gasteiger charge is 2.42. The van der Waals surface area contributed by atoms with Gasteiger partial charge in [0.15, 0.2) is 0 Å². The molecule has 3 fully saturated rings. The first-order chi connectivity index (χ1) is 12.7. The summed E-state index contributed by atoms with van der Waals surface area (Å²) in [6.07, 6.45) is 5.25. The van der Waals surface area contributed by atoms with Crippen LogP contribution in [0.4, 0.5) is 0 Å². The predicted molar refractivity (Wildman–Crippen MR) is 98.2 cm³/mol. The molecule has 1 saturated heterocycles. The predicted octanol–water partition coefficient (Wildman–Crippen LogP) is 2.67. The second-order valence-electron chi connectivity index (χ2n) is 7.91. The molecule has 1 amide bonds. The number of carbonyl (C=O) groups excluding carboxylic acids is 1. The Bertz CT molecular complexity index is 630. The van der Waals surface area contributed by atoms with E-state index in [0.29, 0.717) is 25.5 Å². The van der Waals surface area contributed by atoms with Crippen molar-refractivity contribution in [2.24, 2.45) is 11.8 Å². The number of ether oxygens (including phenoxy) is 3. The zero-order valence-electron chi connectivity index (χ0n) is 15.6. The summed E-state index contributed by atoms with van der Waals surface area (Å²) in [5, 5.41) is 0. The summed E-state index contributed by atoms with van der Waals surface area (Å²) < 4.78 is 17.1. The lowest BCUT2D eigenvalue weighted by molar-refractivity contribution is -0.143. The summed E-state index contributed by atoms with van der Waals surface area (Å²) in [4.78, 5) is 15.0. The summed E-state index contributed by atoms with van der Waals surface area (Å²) in [5.74, 6) is 2.30. The third-order valence-corrected chi connectivity index (χ3v) is 5.85. The topological polar surface area (TPSA) is 48.0 Å². The summed E-state index contributed by atoms with van der Waals surface area (Å²) in [7, 11) is 1.65. The van der Waals surface area contributed by atoms with Crippen LogP contribution in [-0.2, 0) is 20.7 Å². The zero-order chi connectivity index (χ0) is 17.9. The van der Waals surface area contributed by atoms with E-state index in [2.05, 4.69) is 4.90 Å². The van der Waals surface area contributed by atoms with Crippen LogP contribution in [0.15, 0.2) is 24.3 Å². The highest BCUT2D eigenvalue weighted by atomic mass is 16.5.